The SMILES string of the molecule is Cn1cc(S(=O)(=O)N2CC[C@@H](Nc3ncc(C(F)(F)F)c(-c4cnc(C(C)(O)C(C)(O)c5ncc(-c6nc(N[C@H]7CCN(S(=O)(=O)c8cnn(C)c8)C[C@@H]7F)ncc6C(F)(F)F)s5)s4)n3)[C@H](F)C2)cn1. The summed E-state index contributed by atoms with van der Waals surface area (Å²) in [5.41, 5.74) is -9.22. The van der Waals surface area contributed by atoms with Crippen LogP contribution in [0.3, 0.4) is 0 Å². The number of nitrogens with one attached hydrogen (secondary N) is 2. The molecule has 378 valence electrons. The van der Waals surface area contributed by atoms with E-state index >= 15 is 8.78 Å². The predicted molar refractivity (Wildman–Crippen MR) is 233 cm³/mol. The number of piperidine rings is 2. The molecule has 0 saturated carbocycles. The van der Waals surface area contributed by atoms with Crippen LogP contribution in [0, 0.1) is 0 Å². The van der Waals surface area contributed by atoms with Gasteiger partial charge in [-0.15, -0.1) is 22.7 Å². The molecule has 70 heavy (non-hydrogen) atoms. The van der Waals surface area contributed by atoms with E-state index in [2.05, 4.69) is 50.7 Å². The molecule has 8 rings (SSSR count). The predicted octanol–water partition coefficient (Wildman–Crippen LogP) is 4.56. The summed E-state index contributed by atoms with van der Waals surface area (Å²) in [6.07, 6.45) is -6.57. The van der Waals surface area contributed by atoms with E-state index in [4.69, 9.17) is 0 Å². The zero-order valence-electron chi connectivity index (χ0n) is 36.7. The van der Waals surface area contributed by atoms with E-state index < -0.39 is 116 Å². The minimum atomic E-state index is -5.04. The molecule has 2 unspecified atom stereocenters. The Morgan fingerprint density at radius 3 is 1.30 bits per heavy atom. The third-order valence-electron chi connectivity index (χ3n) is 11.7. The van der Waals surface area contributed by atoms with Gasteiger partial charge in [0.05, 0.1) is 45.6 Å². The summed E-state index contributed by atoms with van der Waals surface area (Å²) in [6, 6.07) is -2.26. The molecule has 20 nitrogen and oxygen atoms in total. The Bertz CT molecular complexity index is 2920. The average Bonchev–Trinajstić information content (AvgIpc) is 4.13. The van der Waals surface area contributed by atoms with Crippen LogP contribution in [-0.4, -0.2) is 136 Å². The summed E-state index contributed by atoms with van der Waals surface area (Å²) in [4.78, 5) is 22.7. The molecule has 32 heteroatoms. The lowest BCUT2D eigenvalue weighted by Crippen LogP contribution is -2.50. The Morgan fingerprint density at radius 1 is 0.614 bits per heavy atom. The largest absolute Gasteiger partial charge is 0.420 e. The standard InChI is InChI=1S/C38H40F8N14O6S4/c1-35(61,31-47-13-27(67-31)29-21(37(41,42)43)11-49-33(55-29)53-25-5-7-59(17-23(25)39)69(63,64)19-9-51-57(3)15-19)36(2,62)32-48-14-28(68-32)30-22(38(44,45)46)12-50-34(56-30)54-26-6-8-60(18-24(26)40)70(65,66)20-10-52-58(4)16-20/h9-16,23-26,61-62H,5-8,17-18H2,1-4H3,(H,49,53,55)(H,50,54,56)/t23-,24+,25-,26+,35?,36?. The van der Waals surface area contributed by atoms with E-state index in [0.29, 0.717) is 35.1 Å². The fourth-order valence-corrected chi connectivity index (χ4v) is 12.6. The molecule has 6 aromatic heterocycles. The molecule has 4 N–H and O–H groups in total. The molecule has 0 spiro atoms. The van der Waals surface area contributed by atoms with Gasteiger partial charge in [-0.25, -0.2) is 55.5 Å². The molecule has 2 aliphatic heterocycles. The summed E-state index contributed by atoms with van der Waals surface area (Å²) in [5, 5.41) is 35.9. The first-order valence-electron chi connectivity index (χ1n) is 20.6. The molecule has 6 aromatic rings. The van der Waals surface area contributed by atoms with Gasteiger partial charge in [0, 0.05) is 77.5 Å². The van der Waals surface area contributed by atoms with Crippen LogP contribution >= 0.6 is 22.7 Å². The number of alkyl halides is 8. The maximum Gasteiger partial charge on any atom is 0.420 e. The number of rotatable bonds is 13. The number of sulfonamides is 2. The second kappa shape index (κ2) is 18.3. The quantitative estimate of drug-likeness (QED) is 0.116. The lowest BCUT2D eigenvalue weighted by atomic mass is 9.87. The van der Waals surface area contributed by atoms with Gasteiger partial charge >= 0.3 is 12.4 Å². The molecule has 2 saturated heterocycles. The van der Waals surface area contributed by atoms with E-state index in [1.54, 1.807) is 0 Å². The summed E-state index contributed by atoms with van der Waals surface area (Å²) in [6.45, 7) is 0.580. The van der Waals surface area contributed by atoms with E-state index in [1.165, 1.54) is 35.9 Å². The Morgan fingerprint density at radius 2 is 0.986 bits per heavy atom. The third-order valence-corrected chi connectivity index (χ3v) is 17.8. The van der Waals surface area contributed by atoms with Crippen LogP contribution in [0.2, 0.25) is 0 Å². The van der Waals surface area contributed by atoms with Gasteiger partial charge in [-0.3, -0.25) is 9.36 Å². The topological polar surface area (TPSA) is 252 Å². The van der Waals surface area contributed by atoms with Crippen LogP contribution in [0.25, 0.3) is 21.1 Å². The van der Waals surface area contributed by atoms with Crippen molar-refractivity contribution in [3.63, 3.8) is 0 Å². The second-order valence-electron chi connectivity index (χ2n) is 16.6. The Labute approximate surface area is 400 Å². The van der Waals surface area contributed by atoms with E-state index in [1.807, 2.05) is 0 Å². The molecule has 6 atom stereocenters. The van der Waals surface area contributed by atoms with Crippen molar-refractivity contribution in [1.29, 1.82) is 0 Å². The second-order valence-corrected chi connectivity index (χ2v) is 22.6. The molecular weight excluding hydrogens is 1030 g/mol. The number of aromatic nitrogens is 10. The summed E-state index contributed by atoms with van der Waals surface area (Å²) in [5.74, 6) is -0.904. The average molecular weight is 1070 g/mol. The molecule has 2 fully saturated rings. The number of aliphatic hydroxyl groups is 2. The Balaban J connectivity index is 1.01. The lowest BCUT2D eigenvalue weighted by Gasteiger charge is -2.35. The van der Waals surface area contributed by atoms with E-state index in [9.17, 15) is 53.4 Å². The fraction of sp³-hybridized carbons (Fsp3) is 0.474. The van der Waals surface area contributed by atoms with E-state index in [0.717, 1.165) is 47.2 Å². The van der Waals surface area contributed by atoms with Gasteiger partial charge in [0.2, 0.25) is 31.9 Å². The zero-order chi connectivity index (χ0) is 50.9. The van der Waals surface area contributed by atoms with Crippen LogP contribution in [-0.2, 0) is 57.7 Å². The van der Waals surface area contributed by atoms with E-state index in [-0.39, 0.29) is 55.5 Å². The number of hydrogen-bond donors (Lipinski definition) is 4. The normalized spacial score (nSPS) is 21.9. The first kappa shape index (κ1) is 51.0. The highest BCUT2D eigenvalue weighted by Crippen LogP contribution is 2.47. The van der Waals surface area contributed by atoms with Gasteiger partial charge in [0.1, 0.15) is 54.5 Å². The smallest absolute Gasteiger partial charge is 0.379 e. The molecule has 0 aromatic carbocycles. The first-order valence-corrected chi connectivity index (χ1v) is 25.1. The van der Waals surface area contributed by atoms with Crippen LogP contribution < -0.4 is 10.6 Å². The van der Waals surface area contributed by atoms with Crippen molar-refractivity contribution in [2.75, 3.05) is 36.8 Å². The van der Waals surface area contributed by atoms with Gasteiger partial charge in [-0.1, -0.05) is 0 Å². The van der Waals surface area contributed by atoms with Gasteiger partial charge in [0.25, 0.3) is 0 Å². The summed E-state index contributed by atoms with van der Waals surface area (Å²) >= 11 is 0.933. The molecule has 2 aliphatic rings. The minimum absolute atomic E-state index is 0.127. The van der Waals surface area contributed by atoms with Crippen molar-refractivity contribution in [2.24, 2.45) is 14.1 Å². The van der Waals surface area contributed by atoms with Crippen molar-refractivity contribution >= 4 is 54.6 Å². The highest BCUT2D eigenvalue weighted by Gasteiger charge is 2.50. The minimum Gasteiger partial charge on any atom is -0.379 e. The lowest BCUT2D eigenvalue weighted by molar-refractivity contribution is -0.143. The van der Waals surface area contributed by atoms with Crippen molar-refractivity contribution < 1.29 is 62.2 Å². The third kappa shape index (κ3) is 9.82. The number of hydrogen-bond acceptors (Lipinski definition) is 18. The van der Waals surface area contributed by atoms with Crippen molar-refractivity contribution in [3.05, 3.63) is 70.7 Å². The molecule has 0 bridgehead atoms. The number of thiazole rings is 2. The number of nitrogens with zero attached hydrogens (tertiary/aromatic N) is 12. The fourth-order valence-electron chi connectivity index (χ4n) is 7.54. The van der Waals surface area contributed by atoms with Crippen LogP contribution in [0.15, 0.2) is 59.4 Å². The van der Waals surface area contributed by atoms with Crippen molar-refractivity contribution in [3.8, 4) is 21.1 Å². The highest BCUT2D eigenvalue weighted by atomic mass is 32.2. The maximum absolute atomic E-state index is 15.5. The monoisotopic (exact) mass is 1070 g/mol. The summed E-state index contributed by atoms with van der Waals surface area (Å²) < 4.78 is 174. The summed E-state index contributed by atoms with van der Waals surface area (Å²) in [7, 11) is -5.20. The zero-order valence-corrected chi connectivity index (χ0v) is 40.0. The highest BCUT2D eigenvalue weighted by molar-refractivity contribution is 7.89. The molecule has 0 radical (unpaired) electrons. The Kier molecular flexibility index (Phi) is 13.4. The van der Waals surface area contributed by atoms with Gasteiger partial charge in [0.15, 0.2) is 0 Å². The van der Waals surface area contributed by atoms with Crippen LogP contribution in [0.4, 0.5) is 47.0 Å². The van der Waals surface area contributed by atoms with Crippen LogP contribution in [0.1, 0.15) is 47.8 Å². The maximum atomic E-state index is 15.5. The van der Waals surface area contributed by atoms with Crippen molar-refractivity contribution in [2.45, 2.75) is 84.5 Å². The molecule has 0 amide bonds. The van der Waals surface area contributed by atoms with Gasteiger partial charge < -0.3 is 20.8 Å². The van der Waals surface area contributed by atoms with Crippen molar-refractivity contribution in [1.82, 2.24) is 58.1 Å². The molecular formula is C38H40F8N14O6S4. The number of aryl methyl sites for hydroxylation is 2. The first-order chi connectivity index (χ1) is 32.6. The number of halogens is 8. The van der Waals surface area contributed by atoms with Gasteiger partial charge in [-0.2, -0.15) is 45.2 Å². The van der Waals surface area contributed by atoms with Crippen LogP contribution in [0.5, 0.6) is 0 Å². The molecule has 8 heterocycles. The Hall–Kier alpha value is -5.38. The number of anilines is 2. The van der Waals surface area contributed by atoms with Gasteiger partial charge in [-0.05, 0) is 26.7 Å². The molecule has 0 aliphatic carbocycles.